The largest absolute Gasteiger partial charge is 0.507 e. The van der Waals surface area contributed by atoms with Crippen LogP contribution in [0.1, 0.15) is 24.1 Å². The van der Waals surface area contributed by atoms with Crippen LogP contribution >= 0.6 is 27.3 Å². The molecule has 2 aromatic carbocycles. The minimum absolute atomic E-state index is 0.0254. The van der Waals surface area contributed by atoms with Gasteiger partial charge in [0.2, 0.25) is 0 Å². The predicted molar refractivity (Wildman–Crippen MR) is 119 cm³/mol. The number of ether oxygens (including phenoxy) is 1. The Kier molecular flexibility index (Phi) is 5.69. The summed E-state index contributed by atoms with van der Waals surface area (Å²) in [6, 6.07) is 13.3. The molecule has 30 heavy (non-hydrogen) atoms. The normalized spacial score (nSPS) is 18.1. The van der Waals surface area contributed by atoms with E-state index in [1.54, 1.807) is 35.8 Å². The molecule has 3 aromatic rings. The second-order valence-corrected chi connectivity index (χ2v) is 8.28. The lowest BCUT2D eigenvalue weighted by Gasteiger charge is -2.23. The highest BCUT2D eigenvalue weighted by atomic mass is 79.9. The van der Waals surface area contributed by atoms with Crippen LogP contribution in [0.15, 0.2) is 70.2 Å². The molecule has 1 aromatic heterocycles. The molecule has 1 atom stereocenters. The van der Waals surface area contributed by atoms with Crippen LogP contribution in [0.4, 0.5) is 5.13 Å². The third-order valence-electron chi connectivity index (χ3n) is 4.67. The van der Waals surface area contributed by atoms with E-state index < -0.39 is 17.7 Å². The monoisotopic (exact) mass is 484 g/mol. The Morgan fingerprint density at radius 3 is 2.63 bits per heavy atom. The van der Waals surface area contributed by atoms with Crippen molar-refractivity contribution in [3.05, 3.63) is 81.3 Å². The molecular weight excluding hydrogens is 468 g/mol. The van der Waals surface area contributed by atoms with E-state index in [1.165, 1.54) is 16.2 Å². The van der Waals surface area contributed by atoms with Gasteiger partial charge in [-0.25, -0.2) is 4.98 Å². The zero-order valence-corrected chi connectivity index (χ0v) is 18.3. The Balaban J connectivity index is 1.88. The Bertz CT molecular complexity index is 1130. The molecule has 8 heteroatoms. The number of hydrogen-bond acceptors (Lipinski definition) is 6. The molecule has 0 spiro atoms. The van der Waals surface area contributed by atoms with E-state index in [0.29, 0.717) is 28.6 Å². The molecule has 0 saturated carbocycles. The van der Waals surface area contributed by atoms with Crippen molar-refractivity contribution in [1.82, 2.24) is 4.98 Å². The van der Waals surface area contributed by atoms with Crippen molar-refractivity contribution in [2.45, 2.75) is 13.0 Å². The summed E-state index contributed by atoms with van der Waals surface area (Å²) in [7, 11) is 0. The summed E-state index contributed by atoms with van der Waals surface area (Å²) in [4.78, 5) is 31.5. The van der Waals surface area contributed by atoms with Crippen LogP contribution in [0.25, 0.3) is 5.76 Å². The SMILES string of the molecule is CCOc1ccc(/C(O)=C2\C(=O)C(=O)N(c3nccs3)C2c2cccc(Br)c2)cc1. The van der Waals surface area contributed by atoms with Crippen molar-refractivity contribution in [3.8, 4) is 5.75 Å². The van der Waals surface area contributed by atoms with Gasteiger partial charge in [-0.15, -0.1) is 11.3 Å². The number of ketones is 1. The number of aliphatic hydroxyl groups is 1. The Morgan fingerprint density at radius 1 is 1.23 bits per heavy atom. The maximum absolute atomic E-state index is 13.0. The number of anilines is 1. The molecule has 152 valence electrons. The molecule has 4 rings (SSSR count). The first kappa shape index (κ1) is 20.3. The number of carbonyl (C=O) groups excluding carboxylic acids is 2. The third-order valence-corrected chi connectivity index (χ3v) is 5.94. The van der Waals surface area contributed by atoms with Gasteiger partial charge < -0.3 is 9.84 Å². The number of Topliss-reactive ketones (excluding diaryl/α,β-unsaturated/α-hetero) is 1. The van der Waals surface area contributed by atoms with Crippen LogP contribution in [0.5, 0.6) is 5.75 Å². The van der Waals surface area contributed by atoms with Crippen molar-refractivity contribution < 1.29 is 19.4 Å². The van der Waals surface area contributed by atoms with E-state index >= 15 is 0 Å². The first-order valence-corrected chi connectivity index (χ1v) is 10.9. The van der Waals surface area contributed by atoms with Crippen LogP contribution in [0.3, 0.4) is 0 Å². The minimum Gasteiger partial charge on any atom is -0.507 e. The van der Waals surface area contributed by atoms with E-state index in [-0.39, 0.29) is 11.3 Å². The molecule has 0 bridgehead atoms. The molecule has 1 saturated heterocycles. The van der Waals surface area contributed by atoms with Crippen LogP contribution in [0.2, 0.25) is 0 Å². The maximum Gasteiger partial charge on any atom is 0.301 e. The smallest absolute Gasteiger partial charge is 0.301 e. The zero-order chi connectivity index (χ0) is 21.3. The number of benzene rings is 2. The van der Waals surface area contributed by atoms with Gasteiger partial charge in [0.1, 0.15) is 11.5 Å². The summed E-state index contributed by atoms with van der Waals surface area (Å²) in [6.07, 6.45) is 1.57. The molecule has 0 radical (unpaired) electrons. The molecule has 1 unspecified atom stereocenters. The highest BCUT2D eigenvalue weighted by Crippen LogP contribution is 2.43. The fourth-order valence-electron chi connectivity index (χ4n) is 3.39. The van der Waals surface area contributed by atoms with Crippen molar-refractivity contribution >= 4 is 49.8 Å². The minimum atomic E-state index is -0.791. The Labute approximate surface area is 185 Å². The number of aliphatic hydroxyl groups excluding tert-OH is 1. The average Bonchev–Trinajstić information content (AvgIpc) is 3.35. The quantitative estimate of drug-likeness (QED) is 0.315. The maximum atomic E-state index is 13.0. The van der Waals surface area contributed by atoms with Gasteiger partial charge in [0, 0.05) is 21.6 Å². The van der Waals surface area contributed by atoms with Crippen LogP contribution < -0.4 is 9.64 Å². The first-order valence-electron chi connectivity index (χ1n) is 9.20. The van der Waals surface area contributed by atoms with Crippen molar-refractivity contribution in [1.29, 1.82) is 0 Å². The number of aromatic nitrogens is 1. The van der Waals surface area contributed by atoms with E-state index in [2.05, 4.69) is 20.9 Å². The Hall–Kier alpha value is -2.97. The number of carbonyl (C=O) groups is 2. The highest BCUT2D eigenvalue weighted by molar-refractivity contribution is 9.10. The second kappa shape index (κ2) is 8.41. The van der Waals surface area contributed by atoms with Crippen LogP contribution in [-0.4, -0.2) is 28.4 Å². The number of amides is 1. The molecule has 2 heterocycles. The molecule has 1 fully saturated rings. The van der Waals surface area contributed by atoms with E-state index in [0.717, 1.165) is 4.47 Å². The van der Waals surface area contributed by atoms with Crippen LogP contribution in [-0.2, 0) is 9.59 Å². The highest BCUT2D eigenvalue weighted by Gasteiger charge is 2.48. The molecule has 1 amide bonds. The number of hydrogen-bond donors (Lipinski definition) is 1. The van der Waals surface area contributed by atoms with Crippen molar-refractivity contribution in [3.63, 3.8) is 0 Å². The molecule has 6 nitrogen and oxygen atoms in total. The van der Waals surface area contributed by atoms with Gasteiger partial charge in [0.15, 0.2) is 5.13 Å². The predicted octanol–water partition coefficient (Wildman–Crippen LogP) is 4.93. The fraction of sp³-hybridized carbons (Fsp3) is 0.136. The van der Waals surface area contributed by atoms with Gasteiger partial charge in [-0.05, 0) is 48.9 Å². The topological polar surface area (TPSA) is 79.7 Å². The number of thiazole rings is 1. The molecule has 1 aliphatic rings. The van der Waals surface area contributed by atoms with Crippen molar-refractivity contribution in [2.24, 2.45) is 0 Å². The van der Waals surface area contributed by atoms with Crippen molar-refractivity contribution in [2.75, 3.05) is 11.5 Å². The molecule has 0 aliphatic carbocycles. The van der Waals surface area contributed by atoms with Gasteiger partial charge in [-0.1, -0.05) is 28.1 Å². The van der Waals surface area contributed by atoms with Gasteiger partial charge in [0.05, 0.1) is 18.2 Å². The summed E-state index contributed by atoms with van der Waals surface area (Å²) >= 11 is 4.69. The summed E-state index contributed by atoms with van der Waals surface area (Å²) < 4.78 is 6.23. The molecule has 1 N–H and O–H groups in total. The van der Waals surface area contributed by atoms with E-state index in [4.69, 9.17) is 4.74 Å². The van der Waals surface area contributed by atoms with Gasteiger partial charge in [-0.3, -0.25) is 14.5 Å². The number of nitrogens with zero attached hydrogens (tertiary/aromatic N) is 2. The summed E-state index contributed by atoms with van der Waals surface area (Å²) in [6.45, 7) is 2.40. The summed E-state index contributed by atoms with van der Waals surface area (Å²) in [5.41, 5.74) is 1.14. The van der Waals surface area contributed by atoms with Gasteiger partial charge in [-0.2, -0.15) is 0 Å². The number of halogens is 1. The standard InChI is InChI=1S/C22H17BrN2O4S/c1-2-29-16-8-6-13(7-9-16)19(26)17-18(14-4-3-5-15(23)12-14)25(21(28)20(17)27)22-24-10-11-30-22/h3-12,18,26H,2H2,1H3/b19-17+. The zero-order valence-electron chi connectivity index (χ0n) is 15.9. The van der Waals surface area contributed by atoms with E-state index in [1.807, 2.05) is 31.2 Å². The lowest BCUT2D eigenvalue weighted by Crippen LogP contribution is -2.29. The van der Waals surface area contributed by atoms with E-state index in [9.17, 15) is 14.7 Å². The number of rotatable bonds is 5. The lowest BCUT2D eigenvalue weighted by atomic mass is 9.95. The summed E-state index contributed by atoms with van der Waals surface area (Å²) in [5, 5.41) is 13.2. The van der Waals surface area contributed by atoms with Crippen LogP contribution in [0, 0.1) is 0 Å². The second-order valence-electron chi connectivity index (χ2n) is 6.50. The molecule has 1 aliphatic heterocycles. The summed E-state index contributed by atoms with van der Waals surface area (Å²) in [5.74, 6) is -1.05. The first-order chi connectivity index (χ1) is 14.5. The fourth-order valence-corrected chi connectivity index (χ4v) is 4.47. The lowest BCUT2D eigenvalue weighted by molar-refractivity contribution is -0.132. The average molecular weight is 485 g/mol. The van der Waals surface area contributed by atoms with Gasteiger partial charge in [0.25, 0.3) is 5.78 Å². The Morgan fingerprint density at radius 2 is 2.00 bits per heavy atom. The third kappa shape index (κ3) is 3.64. The van der Waals surface area contributed by atoms with Gasteiger partial charge >= 0.3 is 5.91 Å². The molecular formula is C22H17BrN2O4S.